The molecule has 28 heavy (non-hydrogen) atoms. The number of Topliss-reactive ketones (excluding diaryl/α,β-unsaturated/α-hetero) is 1. The van der Waals surface area contributed by atoms with Crippen LogP contribution in [0, 0.1) is 6.92 Å². The van der Waals surface area contributed by atoms with Gasteiger partial charge in [0, 0.05) is 54.8 Å². The first-order chi connectivity index (χ1) is 13.5. The third-order valence-electron chi connectivity index (χ3n) is 5.71. The van der Waals surface area contributed by atoms with Gasteiger partial charge in [-0.1, -0.05) is 0 Å². The molecule has 1 fully saturated rings. The Hall–Kier alpha value is -2.96. The molecule has 0 aromatic carbocycles. The molecule has 0 atom stereocenters. The molecule has 3 heterocycles. The zero-order chi connectivity index (χ0) is 19.7. The lowest BCUT2D eigenvalue weighted by atomic mass is 9.93. The molecule has 2 N–H and O–H groups in total. The molecule has 2 aliphatic rings. The van der Waals surface area contributed by atoms with Crippen LogP contribution in [0.25, 0.3) is 0 Å². The van der Waals surface area contributed by atoms with E-state index in [0.29, 0.717) is 49.2 Å². The van der Waals surface area contributed by atoms with Gasteiger partial charge in [0.05, 0.1) is 0 Å². The van der Waals surface area contributed by atoms with Crippen molar-refractivity contribution in [2.45, 2.75) is 45.1 Å². The zero-order valence-corrected chi connectivity index (χ0v) is 16.0. The summed E-state index contributed by atoms with van der Waals surface area (Å²) in [6.07, 6.45) is 6.84. The molecule has 0 radical (unpaired) electrons. The van der Waals surface area contributed by atoms with Crippen molar-refractivity contribution in [2.24, 2.45) is 0 Å². The number of piperidine rings is 1. The van der Waals surface area contributed by atoms with E-state index in [-0.39, 0.29) is 23.6 Å². The standard InChI is InChI=1S/C21H24N4O3/c1-13-18-16(3-2-4-17(18)26)24-19(13)20(27)23-15-7-11-25(12-8-15)21(28)14-5-9-22-10-6-14/h5-6,9-10,15,24H,2-4,7-8,11-12H2,1H3,(H,23,27). The predicted octanol–water partition coefficient (Wildman–Crippen LogP) is 2.27. The summed E-state index contributed by atoms with van der Waals surface area (Å²) in [5.74, 6) is -0.0471. The van der Waals surface area contributed by atoms with Gasteiger partial charge in [0.2, 0.25) is 0 Å². The highest BCUT2D eigenvalue weighted by atomic mass is 16.2. The molecule has 1 aliphatic heterocycles. The summed E-state index contributed by atoms with van der Waals surface area (Å²) >= 11 is 0. The van der Waals surface area contributed by atoms with E-state index in [1.807, 2.05) is 11.8 Å². The first-order valence-electron chi connectivity index (χ1n) is 9.79. The molecule has 0 saturated carbocycles. The smallest absolute Gasteiger partial charge is 0.268 e. The summed E-state index contributed by atoms with van der Waals surface area (Å²) in [7, 11) is 0. The van der Waals surface area contributed by atoms with Gasteiger partial charge >= 0.3 is 0 Å². The Morgan fingerprint density at radius 1 is 1.18 bits per heavy atom. The first-order valence-corrected chi connectivity index (χ1v) is 9.79. The monoisotopic (exact) mass is 380 g/mol. The minimum absolute atomic E-state index is 0.00132. The molecule has 0 spiro atoms. The first kappa shape index (κ1) is 18.4. The van der Waals surface area contributed by atoms with Crippen molar-refractivity contribution in [3.05, 3.63) is 52.6 Å². The third-order valence-corrected chi connectivity index (χ3v) is 5.71. The normalized spacial score (nSPS) is 17.3. The second kappa shape index (κ2) is 7.58. The lowest BCUT2D eigenvalue weighted by molar-refractivity contribution is 0.0697. The molecule has 0 bridgehead atoms. The summed E-state index contributed by atoms with van der Waals surface area (Å²) in [6, 6.07) is 3.45. The number of pyridine rings is 1. The number of nitrogens with zero attached hydrogens (tertiary/aromatic N) is 2. The maximum absolute atomic E-state index is 12.8. The molecule has 146 valence electrons. The van der Waals surface area contributed by atoms with Gasteiger partial charge in [-0.15, -0.1) is 0 Å². The quantitative estimate of drug-likeness (QED) is 0.854. The van der Waals surface area contributed by atoms with Crippen LogP contribution in [0.4, 0.5) is 0 Å². The van der Waals surface area contributed by atoms with Crippen molar-refractivity contribution in [3.63, 3.8) is 0 Å². The van der Waals surface area contributed by atoms with Crippen molar-refractivity contribution < 1.29 is 14.4 Å². The highest BCUT2D eigenvalue weighted by Gasteiger charge is 2.29. The Labute approximate surface area is 163 Å². The number of nitrogens with one attached hydrogen (secondary N) is 2. The SMILES string of the molecule is Cc1c(C(=O)NC2CCN(C(=O)c3ccncc3)CC2)[nH]c2c1C(=O)CCC2. The number of aromatic nitrogens is 2. The maximum atomic E-state index is 12.8. The van der Waals surface area contributed by atoms with Gasteiger partial charge in [0.15, 0.2) is 5.78 Å². The lowest BCUT2D eigenvalue weighted by Crippen LogP contribution is -2.46. The molecule has 1 saturated heterocycles. The molecular weight excluding hydrogens is 356 g/mol. The minimum atomic E-state index is -0.168. The number of carbonyl (C=O) groups excluding carboxylic acids is 3. The van der Waals surface area contributed by atoms with Crippen LogP contribution in [0.1, 0.15) is 68.1 Å². The number of aryl methyl sites for hydroxylation is 1. The number of amides is 2. The molecule has 0 unspecified atom stereocenters. The maximum Gasteiger partial charge on any atom is 0.268 e. The Morgan fingerprint density at radius 3 is 2.57 bits per heavy atom. The van der Waals surface area contributed by atoms with Crippen LogP contribution in [0.2, 0.25) is 0 Å². The topological polar surface area (TPSA) is 95.2 Å². The van der Waals surface area contributed by atoms with Crippen LogP contribution >= 0.6 is 0 Å². The van der Waals surface area contributed by atoms with Crippen LogP contribution in [0.15, 0.2) is 24.5 Å². The number of ketones is 1. The van der Waals surface area contributed by atoms with Gasteiger partial charge in [-0.3, -0.25) is 19.4 Å². The number of hydrogen-bond acceptors (Lipinski definition) is 4. The molecule has 2 amide bonds. The number of likely N-dealkylation sites (tertiary alicyclic amines) is 1. The number of carbonyl (C=O) groups is 3. The third kappa shape index (κ3) is 3.44. The van der Waals surface area contributed by atoms with Crippen LogP contribution in [-0.2, 0) is 6.42 Å². The van der Waals surface area contributed by atoms with Crippen molar-refractivity contribution in [3.8, 4) is 0 Å². The summed E-state index contributed by atoms with van der Waals surface area (Å²) in [5, 5.41) is 3.07. The van der Waals surface area contributed by atoms with E-state index < -0.39 is 0 Å². The van der Waals surface area contributed by atoms with E-state index >= 15 is 0 Å². The van der Waals surface area contributed by atoms with E-state index in [2.05, 4.69) is 15.3 Å². The Kier molecular flexibility index (Phi) is 4.98. The van der Waals surface area contributed by atoms with Crippen LogP contribution in [0.3, 0.4) is 0 Å². The van der Waals surface area contributed by atoms with Crippen molar-refractivity contribution >= 4 is 17.6 Å². The molecule has 1 aliphatic carbocycles. The Morgan fingerprint density at radius 2 is 1.89 bits per heavy atom. The zero-order valence-electron chi connectivity index (χ0n) is 16.0. The number of H-pyrrole nitrogens is 1. The van der Waals surface area contributed by atoms with E-state index in [9.17, 15) is 14.4 Å². The van der Waals surface area contributed by atoms with E-state index in [1.54, 1.807) is 24.5 Å². The number of hydrogen-bond donors (Lipinski definition) is 2. The van der Waals surface area contributed by atoms with Crippen molar-refractivity contribution in [1.29, 1.82) is 0 Å². The fraction of sp³-hybridized carbons (Fsp3) is 0.429. The molecule has 2 aromatic rings. The molecular formula is C21H24N4O3. The lowest BCUT2D eigenvalue weighted by Gasteiger charge is -2.32. The summed E-state index contributed by atoms with van der Waals surface area (Å²) in [6.45, 7) is 3.04. The second-order valence-electron chi connectivity index (χ2n) is 7.53. The fourth-order valence-electron chi connectivity index (χ4n) is 4.16. The molecule has 7 nitrogen and oxygen atoms in total. The minimum Gasteiger partial charge on any atom is -0.354 e. The fourth-order valence-corrected chi connectivity index (χ4v) is 4.16. The molecule has 2 aromatic heterocycles. The van der Waals surface area contributed by atoms with Crippen LogP contribution < -0.4 is 5.32 Å². The summed E-state index contributed by atoms with van der Waals surface area (Å²) in [5.41, 5.74) is 3.47. The Bertz CT molecular complexity index is 911. The van der Waals surface area contributed by atoms with E-state index in [1.165, 1.54) is 0 Å². The van der Waals surface area contributed by atoms with Gasteiger partial charge in [0.1, 0.15) is 5.69 Å². The molecule has 4 rings (SSSR count). The van der Waals surface area contributed by atoms with Crippen molar-refractivity contribution in [2.75, 3.05) is 13.1 Å². The van der Waals surface area contributed by atoms with Gasteiger partial charge in [-0.25, -0.2) is 0 Å². The van der Waals surface area contributed by atoms with Gasteiger partial charge < -0.3 is 15.2 Å². The average molecular weight is 380 g/mol. The van der Waals surface area contributed by atoms with Gasteiger partial charge in [-0.05, 0) is 50.3 Å². The van der Waals surface area contributed by atoms with Gasteiger partial charge in [0.25, 0.3) is 11.8 Å². The highest BCUT2D eigenvalue weighted by molar-refractivity contribution is 6.04. The Balaban J connectivity index is 1.37. The van der Waals surface area contributed by atoms with Crippen molar-refractivity contribution in [1.82, 2.24) is 20.2 Å². The van der Waals surface area contributed by atoms with Crippen LogP contribution in [-0.4, -0.2) is 51.6 Å². The van der Waals surface area contributed by atoms with E-state index in [0.717, 1.165) is 24.1 Å². The van der Waals surface area contributed by atoms with E-state index in [4.69, 9.17) is 0 Å². The van der Waals surface area contributed by atoms with Crippen LogP contribution in [0.5, 0.6) is 0 Å². The number of rotatable bonds is 3. The summed E-state index contributed by atoms with van der Waals surface area (Å²) < 4.78 is 0. The second-order valence-corrected chi connectivity index (χ2v) is 7.53. The molecule has 7 heteroatoms. The average Bonchev–Trinajstić information content (AvgIpc) is 3.07. The highest BCUT2D eigenvalue weighted by Crippen LogP contribution is 2.26. The van der Waals surface area contributed by atoms with Gasteiger partial charge in [-0.2, -0.15) is 0 Å². The largest absolute Gasteiger partial charge is 0.354 e. The predicted molar refractivity (Wildman–Crippen MR) is 103 cm³/mol. The summed E-state index contributed by atoms with van der Waals surface area (Å²) in [4.78, 5) is 46.3. The number of aromatic amines is 1. The number of fused-ring (bicyclic) bond motifs is 1.